The summed E-state index contributed by atoms with van der Waals surface area (Å²) in [6.07, 6.45) is 3.47. The summed E-state index contributed by atoms with van der Waals surface area (Å²) in [5.74, 6) is 0.0293. The van der Waals surface area contributed by atoms with Crippen LogP contribution in [-0.2, 0) is 35.4 Å². The Morgan fingerprint density at radius 2 is 1.93 bits per heavy atom. The molecule has 0 spiro atoms. The Bertz CT molecular complexity index is 840. The largest absolute Gasteiger partial charge is 0.598 e. The molecule has 2 atom stereocenters. The Morgan fingerprint density at radius 3 is 2.61 bits per heavy atom. The highest BCUT2D eigenvalue weighted by Gasteiger charge is 2.29. The van der Waals surface area contributed by atoms with Crippen LogP contribution in [0.5, 0.6) is 0 Å². The number of carbonyl (C=O) groups excluding carboxylic acids is 1. The number of rotatable bonds is 6. The molecule has 0 radical (unpaired) electrons. The maximum atomic E-state index is 13.0. The fourth-order valence-corrected chi connectivity index (χ4v) is 4.72. The highest BCUT2D eigenvalue weighted by atomic mass is 35.5. The van der Waals surface area contributed by atoms with Gasteiger partial charge in [-0.3, -0.25) is 4.79 Å². The van der Waals surface area contributed by atoms with E-state index in [1.807, 2.05) is 11.0 Å². The zero-order chi connectivity index (χ0) is 20.3. The van der Waals surface area contributed by atoms with Gasteiger partial charge in [-0.1, -0.05) is 47.5 Å². The molecule has 1 aliphatic rings. The van der Waals surface area contributed by atoms with E-state index in [0.717, 1.165) is 12.8 Å². The van der Waals surface area contributed by atoms with Crippen molar-refractivity contribution in [1.82, 2.24) is 9.62 Å². The van der Waals surface area contributed by atoms with Gasteiger partial charge in [-0.15, -0.1) is 4.72 Å². The summed E-state index contributed by atoms with van der Waals surface area (Å²) in [5.41, 5.74) is 4.42. The lowest BCUT2D eigenvalue weighted by Crippen LogP contribution is -2.40. The quantitative estimate of drug-likeness (QED) is 0.690. The average molecular weight is 439 g/mol. The molecule has 0 saturated heterocycles. The zero-order valence-electron chi connectivity index (χ0n) is 16.0. The molecule has 0 fully saturated rings. The van der Waals surface area contributed by atoms with Crippen molar-refractivity contribution in [3.63, 3.8) is 0 Å². The molecule has 2 aromatic rings. The molecule has 4 nitrogen and oxygen atoms in total. The lowest BCUT2D eigenvalue weighted by molar-refractivity contribution is -0.133. The Labute approximate surface area is 179 Å². The van der Waals surface area contributed by atoms with Crippen LogP contribution in [0.15, 0.2) is 36.4 Å². The lowest BCUT2D eigenvalue weighted by Gasteiger charge is -2.36. The summed E-state index contributed by atoms with van der Waals surface area (Å²) in [7, 11) is 0. The highest BCUT2D eigenvalue weighted by molar-refractivity contribution is 7.88. The number of hydrogen-bond donors (Lipinski definition) is 1. The van der Waals surface area contributed by atoms with E-state index in [2.05, 4.69) is 23.8 Å². The van der Waals surface area contributed by atoms with E-state index in [1.54, 1.807) is 24.5 Å². The molecule has 150 valence electrons. The third kappa shape index (κ3) is 4.84. The van der Waals surface area contributed by atoms with Crippen LogP contribution in [-0.4, -0.2) is 34.7 Å². The van der Waals surface area contributed by atoms with Crippen LogP contribution in [0.25, 0.3) is 0 Å². The van der Waals surface area contributed by atoms with E-state index < -0.39 is 11.4 Å². The second kappa shape index (κ2) is 9.51. The van der Waals surface area contributed by atoms with Crippen LogP contribution in [0, 0.1) is 0 Å². The first-order chi connectivity index (χ1) is 13.4. The number of nitrogens with zero attached hydrogens (tertiary/aromatic N) is 1. The molecule has 1 aliphatic heterocycles. The van der Waals surface area contributed by atoms with Gasteiger partial charge in [0.25, 0.3) is 0 Å². The maximum Gasteiger partial charge on any atom is 0.227 e. The Hall–Kier alpha value is -1.24. The van der Waals surface area contributed by atoms with Crippen molar-refractivity contribution in [3.05, 3.63) is 68.7 Å². The van der Waals surface area contributed by atoms with Gasteiger partial charge >= 0.3 is 0 Å². The minimum Gasteiger partial charge on any atom is -0.598 e. The second-order valence-corrected chi connectivity index (χ2v) is 8.98. The molecular weight excluding hydrogens is 415 g/mol. The van der Waals surface area contributed by atoms with E-state index >= 15 is 0 Å². The first-order valence-electron chi connectivity index (χ1n) is 9.28. The molecule has 1 amide bonds. The van der Waals surface area contributed by atoms with Gasteiger partial charge in [0.1, 0.15) is 6.26 Å². The van der Waals surface area contributed by atoms with Gasteiger partial charge in [-0.25, -0.2) is 0 Å². The standard InChI is InChI=1S/C21H24Cl2N2O2S/c1-14-16-6-3-5-15(9-11-24-28(2)27)17(16)10-12-25(14)21(26)13-18-19(22)7-4-8-20(18)23/h3-8,14,24H,9-13H2,1-2H3/t14-,28?/m0/s1. The monoisotopic (exact) mass is 438 g/mol. The topological polar surface area (TPSA) is 55.4 Å². The third-order valence-corrected chi connectivity index (χ3v) is 6.56. The van der Waals surface area contributed by atoms with Crippen LogP contribution < -0.4 is 4.72 Å². The number of hydrogen-bond acceptors (Lipinski definition) is 3. The molecule has 0 aromatic heterocycles. The first-order valence-corrected chi connectivity index (χ1v) is 11.6. The van der Waals surface area contributed by atoms with Crippen LogP contribution in [0.4, 0.5) is 0 Å². The summed E-state index contributed by atoms with van der Waals surface area (Å²) in [6, 6.07) is 11.5. The van der Waals surface area contributed by atoms with Gasteiger partial charge in [-0.05, 0) is 54.2 Å². The number of fused-ring (bicyclic) bond motifs is 1. The number of amides is 1. The number of halogens is 2. The highest BCUT2D eigenvalue weighted by Crippen LogP contribution is 2.33. The van der Waals surface area contributed by atoms with Crippen LogP contribution in [0.1, 0.15) is 35.2 Å². The van der Waals surface area contributed by atoms with Gasteiger partial charge in [0, 0.05) is 34.5 Å². The van der Waals surface area contributed by atoms with Crippen LogP contribution in [0.3, 0.4) is 0 Å². The first kappa shape index (κ1) is 21.5. The molecule has 1 N–H and O–H groups in total. The van der Waals surface area contributed by atoms with Crippen molar-refractivity contribution < 1.29 is 9.35 Å². The van der Waals surface area contributed by atoms with Gasteiger partial charge in [0.15, 0.2) is 0 Å². The summed E-state index contributed by atoms with van der Waals surface area (Å²) >= 11 is 11.5. The zero-order valence-corrected chi connectivity index (χ0v) is 18.3. The number of carbonyl (C=O) groups is 1. The summed E-state index contributed by atoms with van der Waals surface area (Å²) in [6.45, 7) is 3.40. The smallest absolute Gasteiger partial charge is 0.227 e. The Morgan fingerprint density at radius 1 is 1.25 bits per heavy atom. The van der Waals surface area contributed by atoms with E-state index in [9.17, 15) is 9.35 Å². The van der Waals surface area contributed by atoms with E-state index in [1.165, 1.54) is 16.7 Å². The second-order valence-electron chi connectivity index (χ2n) is 6.97. The fourth-order valence-electron chi connectivity index (χ4n) is 3.80. The van der Waals surface area contributed by atoms with Gasteiger partial charge in [-0.2, -0.15) is 0 Å². The van der Waals surface area contributed by atoms with Crippen molar-refractivity contribution in [2.24, 2.45) is 0 Å². The van der Waals surface area contributed by atoms with E-state index in [-0.39, 0.29) is 18.4 Å². The van der Waals surface area contributed by atoms with E-state index in [0.29, 0.717) is 28.7 Å². The Kier molecular flexibility index (Phi) is 7.29. The van der Waals surface area contributed by atoms with Crippen molar-refractivity contribution in [2.75, 3.05) is 19.3 Å². The van der Waals surface area contributed by atoms with Crippen molar-refractivity contribution in [1.29, 1.82) is 0 Å². The fraction of sp³-hybridized carbons (Fsp3) is 0.381. The van der Waals surface area contributed by atoms with E-state index in [4.69, 9.17) is 23.2 Å². The predicted molar refractivity (Wildman–Crippen MR) is 116 cm³/mol. The predicted octanol–water partition coefficient (Wildman–Crippen LogP) is 4.11. The normalized spacial score (nSPS) is 17.3. The third-order valence-electron chi connectivity index (χ3n) is 5.24. The number of nitrogens with one attached hydrogen (secondary N) is 1. The van der Waals surface area contributed by atoms with Gasteiger partial charge in [0.05, 0.1) is 12.5 Å². The number of benzene rings is 2. The minimum atomic E-state index is -1.01. The van der Waals surface area contributed by atoms with Crippen molar-refractivity contribution in [3.8, 4) is 0 Å². The van der Waals surface area contributed by atoms with Crippen LogP contribution in [0.2, 0.25) is 10.0 Å². The summed E-state index contributed by atoms with van der Waals surface area (Å²) in [4.78, 5) is 14.9. The molecule has 1 unspecified atom stereocenters. The molecule has 0 saturated carbocycles. The molecule has 0 aliphatic carbocycles. The van der Waals surface area contributed by atoms with Gasteiger partial charge in [0.2, 0.25) is 5.91 Å². The maximum absolute atomic E-state index is 13.0. The molecule has 7 heteroatoms. The summed E-state index contributed by atoms with van der Waals surface area (Å²) < 4.78 is 14.2. The molecular formula is C21H24Cl2N2O2S. The molecule has 2 aromatic carbocycles. The molecule has 28 heavy (non-hydrogen) atoms. The summed E-state index contributed by atoms with van der Waals surface area (Å²) in [5, 5.41) is 1.04. The molecule has 0 bridgehead atoms. The SMILES string of the molecule is C[C@H]1c2cccc(CCN[S+](C)[O-])c2CCN1C(=O)Cc1c(Cl)cccc1Cl. The van der Waals surface area contributed by atoms with Crippen molar-refractivity contribution >= 4 is 40.5 Å². The molecule has 3 rings (SSSR count). The molecule has 1 heterocycles. The van der Waals surface area contributed by atoms with Crippen LogP contribution >= 0.6 is 23.2 Å². The average Bonchev–Trinajstić information content (AvgIpc) is 2.65. The lowest BCUT2D eigenvalue weighted by atomic mass is 9.88. The minimum absolute atomic E-state index is 0.00858. The van der Waals surface area contributed by atoms with Gasteiger partial charge < -0.3 is 9.45 Å². The Balaban J connectivity index is 1.75. The van der Waals surface area contributed by atoms with Crippen molar-refractivity contribution in [2.45, 2.75) is 32.2 Å².